The van der Waals surface area contributed by atoms with Crippen molar-refractivity contribution in [3.05, 3.63) is 0 Å². The Labute approximate surface area is 124 Å². The van der Waals surface area contributed by atoms with E-state index in [2.05, 4.69) is 31.0 Å². The Balaban J connectivity index is 2.70. The van der Waals surface area contributed by atoms with E-state index in [0.29, 0.717) is 11.5 Å². The lowest BCUT2D eigenvalue weighted by atomic mass is 9.82. The second-order valence-corrected chi connectivity index (χ2v) is 7.15. The maximum atomic E-state index is 12.1. The molecule has 0 aromatic heterocycles. The van der Waals surface area contributed by atoms with Crippen molar-refractivity contribution in [3.8, 4) is 0 Å². The first-order valence-electron chi connectivity index (χ1n) is 7.81. The summed E-state index contributed by atoms with van der Waals surface area (Å²) in [7, 11) is 1.46. The van der Waals surface area contributed by atoms with E-state index in [0.717, 1.165) is 26.1 Å². The first-order valence-corrected chi connectivity index (χ1v) is 7.81. The number of nitrogens with zero attached hydrogens (tertiary/aromatic N) is 1. The summed E-state index contributed by atoms with van der Waals surface area (Å²) in [5.41, 5.74) is -0.211. The Morgan fingerprint density at radius 2 is 2.15 bits per heavy atom. The average Bonchev–Trinajstić information content (AvgIpc) is 2.36. The quantitative estimate of drug-likeness (QED) is 0.761. The van der Waals surface area contributed by atoms with E-state index in [1.54, 1.807) is 0 Å². The number of nitrogens with one attached hydrogen (secondary N) is 1. The van der Waals surface area contributed by atoms with Crippen LogP contribution in [0.4, 0.5) is 0 Å². The molecule has 1 saturated heterocycles. The second-order valence-electron chi connectivity index (χ2n) is 7.15. The van der Waals surface area contributed by atoms with Crippen molar-refractivity contribution in [2.75, 3.05) is 26.7 Å². The Bertz CT molecular complexity index is 330. The standard InChI is InChI=1S/C16H32N2O2/c1-7-17-16(5,14(19)20-6)11-13(2)18-10-8-9-15(3,4)12-18/h13,17H,7-12H2,1-6H3. The van der Waals surface area contributed by atoms with Gasteiger partial charge in [0.1, 0.15) is 5.54 Å². The third kappa shape index (κ3) is 4.45. The van der Waals surface area contributed by atoms with Gasteiger partial charge in [-0.05, 0) is 51.6 Å². The van der Waals surface area contributed by atoms with E-state index in [4.69, 9.17) is 4.74 Å². The molecule has 1 N–H and O–H groups in total. The van der Waals surface area contributed by atoms with E-state index in [9.17, 15) is 4.79 Å². The zero-order valence-electron chi connectivity index (χ0n) is 14.1. The Hall–Kier alpha value is -0.610. The van der Waals surface area contributed by atoms with Gasteiger partial charge in [0, 0.05) is 12.6 Å². The van der Waals surface area contributed by atoms with Gasteiger partial charge in [-0.15, -0.1) is 0 Å². The molecule has 0 aromatic carbocycles. The fraction of sp³-hybridized carbons (Fsp3) is 0.938. The van der Waals surface area contributed by atoms with Crippen molar-refractivity contribution in [2.24, 2.45) is 5.41 Å². The summed E-state index contributed by atoms with van der Waals surface area (Å²) in [4.78, 5) is 14.6. The van der Waals surface area contributed by atoms with Crippen molar-refractivity contribution >= 4 is 5.97 Å². The molecule has 2 unspecified atom stereocenters. The largest absolute Gasteiger partial charge is 0.468 e. The van der Waals surface area contributed by atoms with Gasteiger partial charge in [0.25, 0.3) is 0 Å². The van der Waals surface area contributed by atoms with Crippen molar-refractivity contribution in [1.82, 2.24) is 10.2 Å². The van der Waals surface area contributed by atoms with Crippen LogP contribution in [-0.4, -0.2) is 49.2 Å². The number of carbonyl (C=O) groups is 1. The van der Waals surface area contributed by atoms with E-state index in [-0.39, 0.29) is 5.97 Å². The fourth-order valence-corrected chi connectivity index (χ4v) is 3.41. The van der Waals surface area contributed by atoms with E-state index >= 15 is 0 Å². The number of esters is 1. The van der Waals surface area contributed by atoms with Crippen LogP contribution in [0.5, 0.6) is 0 Å². The number of hydrogen-bond acceptors (Lipinski definition) is 4. The normalized spacial score (nSPS) is 23.9. The van der Waals surface area contributed by atoms with Crippen molar-refractivity contribution < 1.29 is 9.53 Å². The lowest BCUT2D eigenvalue weighted by molar-refractivity contribution is -0.149. The van der Waals surface area contributed by atoms with Crippen LogP contribution in [0.1, 0.15) is 53.9 Å². The molecule has 0 saturated carbocycles. The predicted octanol–water partition coefficient (Wildman–Crippen LogP) is 2.43. The SMILES string of the molecule is CCNC(C)(CC(C)N1CCCC(C)(C)C1)C(=O)OC. The summed E-state index contributed by atoms with van der Waals surface area (Å²) in [5.74, 6) is -0.164. The van der Waals surface area contributed by atoms with Gasteiger partial charge in [-0.2, -0.15) is 0 Å². The van der Waals surface area contributed by atoms with Gasteiger partial charge in [0.15, 0.2) is 0 Å². The van der Waals surface area contributed by atoms with Crippen LogP contribution in [-0.2, 0) is 9.53 Å². The zero-order chi connectivity index (χ0) is 15.4. The first kappa shape index (κ1) is 17.4. The first-order chi connectivity index (χ1) is 9.24. The van der Waals surface area contributed by atoms with Gasteiger partial charge in [0.2, 0.25) is 0 Å². The molecule has 4 heteroatoms. The minimum absolute atomic E-state index is 0.164. The molecular weight excluding hydrogens is 252 g/mol. The zero-order valence-corrected chi connectivity index (χ0v) is 14.1. The lowest BCUT2D eigenvalue weighted by Crippen LogP contribution is -2.55. The summed E-state index contributed by atoms with van der Waals surface area (Å²) in [6.07, 6.45) is 3.31. The highest BCUT2D eigenvalue weighted by Gasteiger charge is 2.38. The Morgan fingerprint density at radius 1 is 1.50 bits per heavy atom. The number of likely N-dealkylation sites (tertiary alicyclic amines) is 1. The van der Waals surface area contributed by atoms with Crippen LogP contribution in [0.2, 0.25) is 0 Å². The summed E-state index contributed by atoms with van der Waals surface area (Å²) in [6.45, 7) is 13.9. The molecule has 1 heterocycles. The fourth-order valence-electron chi connectivity index (χ4n) is 3.41. The number of piperidine rings is 1. The van der Waals surface area contributed by atoms with Gasteiger partial charge >= 0.3 is 5.97 Å². The molecule has 0 amide bonds. The van der Waals surface area contributed by atoms with Crippen LogP contribution < -0.4 is 5.32 Å². The molecule has 0 spiro atoms. The Morgan fingerprint density at radius 3 is 2.65 bits per heavy atom. The number of rotatable bonds is 6. The van der Waals surface area contributed by atoms with Gasteiger partial charge in [-0.3, -0.25) is 4.79 Å². The molecule has 20 heavy (non-hydrogen) atoms. The highest BCUT2D eigenvalue weighted by molar-refractivity contribution is 5.80. The molecule has 1 aliphatic rings. The van der Waals surface area contributed by atoms with Gasteiger partial charge in [-0.1, -0.05) is 20.8 Å². The summed E-state index contributed by atoms with van der Waals surface area (Å²) >= 11 is 0. The number of carbonyl (C=O) groups excluding carboxylic acids is 1. The molecule has 0 radical (unpaired) electrons. The second kappa shape index (κ2) is 6.90. The third-order valence-corrected chi connectivity index (χ3v) is 4.46. The highest BCUT2D eigenvalue weighted by atomic mass is 16.5. The van der Waals surface area contributed by atoms with Crippen molar-refractivity contribution in [2.45, 2.75) is 65.5 Å². The molecule has 118 valence electrons. The van der Waals surface area contributed by atoms with E-state index in [1.165, 1.54) is 20.0 Å². The lowest BCUT2D eigenvalue weighted by Gasteiger charge is -2.43. The average molecular weight is 284 g/mol. The smallest absolute Gasteiger partial charge is 0.325 e. The number of hydrogen-bond donors (Lipinski definition) is 1. The molecule has 0 aliphatic carbocycles. The summed E-state index contributed by atoms with van der Waals surface area (Å²) in [5, 5.41) is 3.30. The Kier molecular flexibility index (Phi) is 6.02. The molecule has 1 fully saturated rings. The maximum Gasteiger partial charge on any atom is 0.325 e. The molecule has 1 aliphatic heterocycles. The molecule has 4 nitrogen and oxygen atoms in total. The van der Waals surface area contributed by atoms with Crippen LogP contribution in [0.25, 0.3) is 0 Å². The van der Waals surface area contributed by atoms with Crippen molar-refractivity contribution in [1.29, 1.82) is 0 Å². The van der Waals surface area contributed by atoms with Crippen LogP contribution in [0, 0.1) is 5.41 Å². The molecule has 0 bridgehead atoms. The van der Waals surface area contributed by atoms with Crippen LogP contribution in [0.15, 0.2) is 0 Å². The topological polar surface area (TPSA) is 41.6 Å². The molecule has 1 rings (SSSR count). The number of likely N-dealkylation sites (N-methyl/N-ethyl adjacent to an activating group) is 1. The highest BCUT2D eigenvalue weighted by Crippen LogP contribution is 2.31. The summed E-state index contributed by atoms with van der Waals surface area (Å²) in [6, 6.07) is 0.373. The molecule has 2 atom stereocenters. The van der Waals surface area contributed by atoms with E-state index in [1.807, 2.05) is 13.8 Å². The van der Waals surface area contributed by atoms with Gasteiger partial charge < -0.3 is 15.0 Å². The van der Waals surface area contributed by atoms with Gasteiger partial charge in [0.05, 0.1) is 7.11 Å². The monoisotopic (exact) mass is 284 g/mol. The number of methoxy groups -OCH3 is 1. The van der Waals surface area contributed by atoms with Gasteiger partial charge in [-0.25, -0.2) is 0 Å². The molecule has 0 aromatic rings. The minimum atomic E-state index is -0.593. The molecular formula is C16H32N2O2. The van der Waals surface area contributed by atoms with Crippen LogP contribution in [0.3, 0.4) is 0 Å². The minimum Gasteiger partial charge on any atom is -0.468 e. The predicted molar refractivity (Wildman–Crippen MR) is 82.8 cm³/mol. The van der Waals surface area contributed by atoms with Crippen LogP contribution >= 0.6 is 0 Å². The van der Waals surface area contributed by atoms with Crippen molar-refractivity contribution in [3.63, 3.8) is 0 Å². The summed E-state index contributed by atoms with van der Waals surface area (Å²) < 4.78 is 4.98. The number of ether oxygens (including phenoxy) is 1. The third-order valence-electron chi connectivity index (χ3n) is 4.46. The maximum absolute atomic E-state index is 12.1. The van der Waals surface area contributed by atoms with E-state index < -0.39 is 5.54 Å².